The smallest absolute Gasteiger partial charge is 0.373 e. The van der Waals surface area contributed by atoms with E-state index in [1.807, 2.05) is 25.1 Å². The summed E-state index contributed by atoms with van der Waals surface area (Å²) in [4.78, 5) is 49.9. The van der Waals surface area contributed by atoms with Gasteiger partial charge in [0, 0.05) is 5.69 Å². The molecule has 4 amide bonds. The molecule has 1 saturated heterocycles. The molecule has 2 N–H and O–H groups in total. The number of aryl methyl sites for hydroxylation is 1. The van der Waals surface area contributed by atoms with Crippen molar-refractivity contribution in [1.29, 1.82) is 0 Å². The van der Waals surface area contributed by atoms with Crippen molar-refractivity contribution in [3.8, 4) is 5.75 Å². The zero-order valence-corrected chi connectivity index (χ0v) is 19.6. The molecule has 10 heteroatoms. The SMILES string of the molecule is COC(=O)c1ccc(CN2C(=O)N/C(=C\c3cccc(OCC(=O)Nc4ccccc4C)c3)C2=O)o1. The van der Waals surface area contributed by atoms with Crippen molar-refractivity contribution in [3.05, 3.63) is 89.0 Å². The largest absolute Gasteiger partial charge is 0.484 e. The lowest BCUT2D eigenvalue weighted by atomic mass is 10.2. The Hall–Kier alpha value is -4.86. The number of methoxy groups -OCH3 is 1. The van der Waals surface area contributed by atoms with Gasteiger partial charge in [-0.25, -0.2) is 9.59 Å². The van der Waals surface area contributed by atoms with E-state index in [1.165, 1.54) is 25.3 Å². The highest BCUT2D eigenvalue weighted by molar-refractivity contribution is 6.13. The summed E-state index contributed by atoms with van der Waals surface area (Å²) in [5.74, 6) is -0.882. The first-order valence-corrected chi connectivity index (χ1v) is 10.9. The van der Waals surface area contributed by atoms with E-state index in [0.717, 1.165) is 10.5 Å². The van der Waals surface area contributed by atoms with E-state index in [2.05, 4.69) is 15.4 Å². The maximum absolute atomic E-state index is 12.8. The summed E-state index contributed by atoms with van der Waals surface area (Å²) in [5, 5.41) is 5.32. The number of imide groups is 1. The van der Waals surface area contributed by atoms with Gasteiger partial charge in [-0.15, -0.1) is 0 Å². The maximum Gasteiger partial charge on any atom is 0.373 e. The third kappa shape index (κ3) is 5.61. The number of hydrogen-bond donors (Lipinski definition) is 2. The Kier molecular flexibility index (Phi) is 7.15. The van der Waals surface area contributed by atoms with E-state index < -0.39 is 17.9 Å². The molecule has 0 radical (unpaired) electrons. The number of esters is 1. The number of anilines is 1. The minimum absolute atomic E-state index is 0.0280. The van der Waals surface area contributed by atoms with E-state index in [1.54, 1.807) is 30.3 Å². The van der Waals surface area contributed by atoms with Crippen molar-refractivity contribution >= 4 is 35.6 Å². The van der Waals surface area contributed by atoms with E-state index in [9.17, 15) is 19.2 Å². The fourth-order valence-electron chi connectivity index (χ4n) is 3.45. The fraction of sp³-hybridized carbons (Fsp3) is 0.154. The van der Waals surface area contributed by atoms with Crippen LogP contribution in [0.5, 0.6) is 5.75 Å². The summed E-state index contributed by atoms with van der Waals surface area (Å²) >= 11 is 0. The van der Waals surface area contributed by atoms with Crippen molar-refractivity contribution in [3.63, 3.8) is 0 Å². The van der Waals surface area contributed by atoms with Gasteiger partial charge in [-0.1, -0.05) is 30.3 Å². The van der Waals surface area contributed by atoms with Crippen LogP contribution in [0.25, 0.3) is 6.08 Å². The van der Waals surface area contributed by atoms with E-state index in [0.29, 0.717) is 17.0 Å². The Morgan fingerprint density at radius 1 is 1.08 bits per heavy atom. The van der Waals surface area contributed by atoms with Crippen LogP contribution >= 0.6 is 0 Å². The molecule has 3 aromatic rings. The van der Waals surface area contributed by atoms with Gasteiger partial charge in [-0.05, 0) is 54.5 Å². The van der Waals surface area contributed by atoms with Crippen LogP contribution in [-0.2, 0) is 20.9 Å². The van der Waals surface area contributed by atoms with Crippen LogP contribution in [0.1, 0.15) is 27.4 Å². The van der Waals surface area contributed by atoms with Gasteiger partial charge in [0.15, 0.2) is 6.61 Å². The number of benzene rings is 2. The molecule has 0 saturated carbocycles. The molecule has 4 rings (SSSR count). The Morgan fingerprint density at radius 2 is 1.89 bits per heavy atom. The van der Waals surface area contributed by atoms with Crippen LogP contribution in [0.4, 0.5) is 10.5 Å². The second-order valence-corrected chi connectivity index (χ2v) is 7.86. The molecule has 1 fully saturated rings. The molecule has 0 aliphatic carbocycles. The van der Waals surface area contributed by atoms with Gasteiger partial charge in [0.05, 0.1) is 13.7 Å². The Labute approximate surface area is 206 Å². The van der Waals surface area contributed by atoms with Gasteiger partial charge in [0.1, 0.15) is 17.2 Å². The van der Waals surface area contributed by atoms with Crippen molar-refractivity contribution < 1.29 is 33.1 Å². The zero-order chi connectivity index (χ0) is 25.7. The third-order valence-electron chi connectivity index (χ3n) is 5.28. The summed E-state index contributed by atoms with van der Waals surface area (Å²) in [6.45, 7) is 1.54. The zero-order valence-electron chi connectivity index (χ0n) is 19.6. The topological polar surface area (TPSA) is 127 Å². The molecular weight excluding hydrogens is 466 g/mol. The molecule has 0 unspecified atom stereocenters. The van der Waals surface area contributed by atoms with Crippen LogP contribution in [0.3, 0.4) is 0 Å². The third-order valence-corrected chi connectivity index (χ3v) is 5.28. The molecule has 1 aromatic heterocycles. The lowest BCUT2D eigenvalue weighted by molar-refractivity contribution is -0.123. The van der Waals surface area contributed by atoms with Gasteiger partial charge in [-0.2, -0.15) is 0 Å². The fourth-order valence-corrected chi connectivity index (χ4v) is 3.45. The standard InChI is InChI=1S/C26H23N3O7/c1-16-6-3-4-9-20(16)27-23(30)15-35-18-8-5-7-17(12-18)13-21-24(31)29(26(33)28-21)14-19-10-11-22(36-19)25(32)34-2/h3-13H,14-15H2,1-2H3,(H,27,30)(H,28,33)/b21-13-. The first kappa shape index (κ1) is 24.3. The normalized spacial score (nSPS) is 14.1. The number of furan rings is 1. The Balaban J connectivity index is 1.38. The van der Waals surface area contributed by atoms with Crippen molar-refractivity contribution in [2.24, 2.45) is 0 Å². The molecule has 10 nitrogen and oxygen atoms in total. The van der Waals surface area contributed by atoms with Gasteiger partial charge >= 0.3 is 12.0 Å². The van der Waals surface area contributed by atoms with Crippen molar-refractivity contribution in [1.82, 2.24) is 10.2 Å². The van der Waals surface area contributed by atoms with Gasteiger partial charge in [0.25, 0.3) is 11.8 Å². The number of nitrogens with zero attached hydrogens (tertiary/aromatic N) is 1. The molecule has 1 aliphatic rings. The van der Waals surface area contributed by atoms with Gasteiger partial charge in [0.2, 0.25) is 5.76 Å². The molecule has 0 spiro atoms. The van der Waals surface area contributed by atoms with Crippen molar-refractivity contribution in [2.45, 2.75) is 13.5 Å². The van der Waals surface area contributed by atoms with Crippen LogP contribution < -0.4 is 15.4 Å². The minimum atomic E-state index is -0.659. The lowest BCUT2D eigenvalue weighted by Gasteiger charge is -2.10. The van der Waals surface area contributed by atoms with Gasteiger partial charge < -0.3 is 24.5 Å². The summed E-state index contributed by atoms with van der Waals surface area (Å²) in [6.07, 6.45) is 1.50. The molecule has 2 aromatic carbocycles. The monoisotopic (exact) mass is 489 g/mol. The molecular formula is C26H23N3O7. The average Bonchev–Trinajstić information content (AvgIpc) is 3.44. The first-order chi connectivity index (χ1) is 17.3. The highest BCUT2D eigenvalue weighted by atomic mass is 16.5. The number of carbonyl (C=O) groups excluding carboxylic acids is 4. The average molecular weight is 489 g/mol. The second kappa shape index (κ2) is 10.6. The predicted molar refractivity (Wildman–Crippen MR) is 129 cm³/mol. The Morgan fingerprint density at radius 3 is 2.67 bits per heavy atom. The van der Waals surface area contributed by atoms with Gasteiger partial charge in [-0.3, -0.25) is 14.5 Å². The minimum Gasteiger partial charge on any atom is -0.484 e. The Bertz CT molecular complexity index is 1360. The highest BCUT2D eigenvalue weighted by Gasteiger charge is 2.34. The molecule has 2 heterocycles. The van der Waals surface area contributed by atoms with Crippen molar-refractivity contribution in [2.75, 3.05) is 19.0 Å². The summed E-state index contributed by atoms with van der Waals surface area (Å²) < 4.78 is 15.5. The highest BCUT2D eigenvalue weighted by Crippen LogP contribution is 2.21. The number of urea groups is 1. The van der Waals surface area contributed by atoms with Crippen LogP contribution in [-0.4, -0.2) is 42.4 Å². The summed E-state index contributed by atoms with van der Waals surface area (Å²) in [7, 11) is 1.22. The summed E-state index contributed by atoms with van der Waals surface area (Å²) in [6, 6.07) is 16.4. The molecule has 1 aliphatic heterocycles. The number of para-hydroxylation sites is 1. The van der Waals surface area contributed by atoms with Crippen LogP contribution in [0.15, 0.2) is 70.8 Å². The van der Waals surface area contributed by atoms with E-state index in [-0.39, 0.29) is 36.3 Å². The number of carbonyl (C=O) groups is 4. The number of amides is 4. The first-order valence-electron chi connectivity index (χ1n) is 10.9. The molecule has 36 heavy (non-hydrogen) atoms. The number of nitrogens with one attached hydrogen (secondary N) is 2. The quantitative estimate of drug-likeness (QED) is 0.282. The molecule has 0 atom stereocenters. The second-order valence-electron chi connectivity index (χ2n) is 7.86. The van der Waals surface area contributed by atoms with E-state index in [4.69, 9.17) is 9.15 Å². The van der Waals surface area contributed by atoms with Crippen LogP contribution in [0, 0.1) is 6.92 Å². The molecule has 184 valence electrons. The molecule has 0 bridgehead atoms. The van der Waals surface area contributed by atoms with Crippen LogP contribution in [0.2, 0.25) is 0 Å². The predicted octanol–water partition coefficient (Wildman–Crippen LogP) is 3.49. The lowest BCUT2D eigenvalue weighted by Crippen LogP contribution is -2.30. The van der Waals surface area contributed by atoms with E-state index >= 15 is 0 Å². The number of ether oxygens (including phenoxy) is 2. The number of hydrogen-bond acceptors (Lipinski definition) is 7. The summed E-state index contributed by atoms with van der Waals surface area (Å²) in [5.41, 5.74) is 2.30. The maximum atomic E-state index is 12.8. The number of rotatable bonds is 8.